The van der Waals surface area contributed by atoms with Crippen molar-refractivity contribution >= 4 is 33.9 Å². The molecule has 0 amide bonds. The van der Waals surface area contributed by atoms with Crippen LogP contribution in [0, 0.1) is 17.1 Å². The average Bonchev–Trinajstić information content (AvgIpc) is 3.59. The van der Waals surface area contributed by atoms with Crippen molar-refractivity contribution in [2.45, 2.75) is 56.6 Å². The largest absolute Gasteiger partial charge is 0.378 e. The standard InChI is InChI=1S/C27H27ClFN7/c1-27(9-2-10-27)33-24-17(13-30)14-31-26-21(24)11-19(12-22(26)28)32-25(16-3-5-18(29)6-4-16)23-15-36(35-34-23)20-7-8-20/h3-6,11-12,14-15,20,25,32,34-35H,2,7-10H2,1H3,(H,31,33)/i25D. The van der Waals surface area contributed by atoms with Crippen LogP contribution < -0.4 is 21.6 Å². The summed E-state index contributed by atoms with van der Waals surface area (Å²) in [5, 5.41) is 19.8. The maximum absolute atomic E-state index is 13.8. The zero-order valence-electron chi connectivity index (χ0n) is 20.8. The molecule has 3 aromatic rings. The van der Waals surface area contributed by atoms with Crippen molar-refractivity contribution in [2.75, 3.05) is 10.6 Å². The third-order valence-electron chi connectivity index (χ3n) is 7.13. The molecule has 2 saturated carbocycles. The molecule has 0 spiro atoms. The SMILES string of the molecule is [2H]C(Nc1cc(Cl)c2ncc(C#N)c(NC3(C)CCC3)c2c1)(C1=CN(C2CC2)NN1)c1ccc(F)cc1. The molecule has 36 heavy (non-hydrogen) atoms. The van der Waals surface area contributed by atoms with Gasteiger partial charge in [-0.25, -0.2) is 4.39 Å². The highest BCUT2D eigenvalue weighted by atomic mass is 35.5. The molecule has 2 heterocycles. The van der Waals surface area contributed by atoms with Crippen molar-refractivity contribution in [2.24, 2.45) is 0 Å². The second-order valence-corrected chi connectivity index (χ2v) is 10.4. The summed E-state index contributed by atoms with van der Waals surface area (Å²) >= 11 is 6.70. The maximum Gasteiger partial charge on any atom is 0.123 e. The van der Waals surface area contributed by atoms with E-state index in [4.69, 9.17) is 11.6 Å². The van der Waals surface area contributed by atoms with Crippen LogP contribution in [0.2, 0.25) is 5.02 Å². The highest BCUT2D eigenvalue weighted by Crippen LogP contribution is 2.40. The van der Waals surface area contributed by atoms with E-state index in [1.807, 2.05) is 17.3 Å². The van der Waals surface area contributed by atoms with E-state index in [0.717, 1.165) is 32.1 Å². The van der Waals surface area contributed by atoms with Crippen LogP contribution in [0.4, 0.5) is 15.8 Å². The number of hydrogen-bond donors (Lipinski definition) is 4. The van der Waals surface area contributed by atoms with Crippen LogP contribution in [0.1, 0.15) is 57.5 Å². The lowest BCUT2D eigenvalue weighted by Gasteiger charge is -2.40. The van der Waals surface area contributed by atoms with Crippen molar-refractivity contribution in [3.8, 4) is 6.07 Å². The Labute approximate surface area is 215 Å². The van der Waals surface area contributed by atoms with Gasteiger partial charge in [-0.05, 0) is 68.9 Å². The molecule has 0 bridgehead atoms. The van der Waals surface area contributed by atoms with Crippen molar-refractivity contribution in [1.82, 2.24) is 21.0 Å². The summed E-state index contributed by atoms with van der Waals surface area (Å²) < 4.78 is 23.3. The average molecular weight is 505 g/mol. The quantitative estimate of drug-likeness (QED) is 0.326. The molecule has 3 aliphatic rings. The van der Waals surface area contributed by atoms with Crippen molar-refractivity contribution in [1.29, 1.82) is 5.26 Å². The predicted octanol–water partition coefficient (Wildman–Crippen LogP) is 5.74. The number of rotatable bonds is 7. The van der Waals surface area contributed by atoms with Crippen molar-refractivity contribution in [3.63, 3.8) is 0 Å². The highest BCUT2D eigenvalue weighted by molar-refractivity contribution is 6.35. The third-order valence-corrected chi connectivity index (χ3v) is 7.42. The lowest BCUT2D eigenvalue weighted by Crippen LogP contribution is -2.41. The van der Waals surface area contributed by atoms with Crippen LogP contribution in [0.15, 0.2) is 54.5 Å². The lowest BCUT2D eigenvalue weighted by molar-refractivity contribution is 0.260. The first-order valence-corrected chi connectivity index (χ1v) is 12.5. The summed E-state index contributed by atoms with van der Waals surface area (Å²) in [7, 11) is 0. The first-order chi connectivity index (χ1) is 17.8. The molecule has 7 nitrogen and oxygen atoms in total. The number of nitriles is 1. The van der Waals surface area contributed by atoms with Crippen LogP contribution in [0.5, 0.6) is 0 Å². The predicted molar refractivity (Wildman–Crippen MR) is 139 cm³/mol. The molecular formula is C27H27ClFN7. The summed E-state index contributed by atoms with van der Waals surface area (Å²) in [6, 6.07) is 10.6. The van der Waals surface area contributed by atoms with Gasteiger partial charge in [0.1, 0.15) is 11.9 Å². The Morgan fingerprint density at radius 2 is 2.08 bits per heavy atom. The first kappa shape index (κ1) is 21.7. The van der Waals surface area contributed by atoms with Crippen LogP contribution >= 0.6 is 11.6 Å². The number of fused-ring (bicyclic) bond motifs is 1. The molecule has 1 aliphatic heterocycles. The number of nitrogens with one attached hydrogen (secondary N) is 4. The van der Waals surface area contributed by atoms with Gasteiger partial charge in [-0.2, -0.15) is 5.26 Å². The molecule has 6 rings (SSSR count). The third kappa shape index (κ3) is 4.29. The van der Waals surface area contributed by atoms with Gasteiger partial charge in [0.2, 0.25) is 0 Å². The van der Waals surface area contributed by atoms with Crippen molar-refractivity contribution < 1.29 is 5.76 Å². The number of halogens is 2. The Balaban J connectivity index is 1.45. The molecule has 9 heteroatoms. The number of hydrogen-bond acceptors (Lipinski definition) is 7. The molecule has 2 aliphatic carbocycles. The minimum Gasteiger partial charge on any atom is -0.378 e. The summed E-state index contributed by atoms with van der Waals surface area (Å²) in [6.07, 6.45) is 8.74. The van der Waals surface area contributed by atoms with Crippen molar-refractivity contribution in [3.05, 3.63) is 76.5 Å². The molecule has 2 aromatic carbocycles. The van der Waals surface area contributed by atoms with Gasteiger partial charge in [0.25, 0.3) is 0 Å². The zero-order valence-corrected chi connectivity index (χ0v) is 20.6. The fourth-order valence-corrected chi connectivity index (χ4v) is 5.01. The first-order valence-electron chi connectivity index (χ1n) is 12.7. The fraction of sp³-hybridized carbons (Fsp3) is 0.333. The molecule has 0 saturated heterocycles. The molecular weight excluding hydrogens is 477 g/mol. The van der Waals surface area contributed by atoms with Gasteiger partial charge < -0.3 is 16.1 Å². The van der Waals surface area contributed by atoms with Gasteiger partial charge >= 0.3 is 0 Å². The van der Waals surface area contributed by atoms with E-state index in [9.17, 15) is 11.0 Å². The van der Waals surface area contributed by atoms with Crippen LogP contribution in [0.3, 0.4) is 0 Å². The second kappa shape index (κ2) is 8.84. The van der Waals surface area contributed by atoms with E-state index < -0.39 is 6.02 Å². The second-order valence-electron chi connectivity index (χ2n) is 9.98. The van der Waals surface area contributed by atoms with Gasteiger partial charge in [-0.15, -0.1) is 5.53 Å². The van der Waals surface area contributed by atoms with Crippen LogP contribution in [0.25, 0.3) is 10.9 Å². The lowest BCUT2D eigenvalue weighted by atomic mass is 9.78. The van der Waals surface area contributed by atoms with E-state index in [0.29, 0.717) is 50.2 Å². The van der Waals surface area contributed by atoms with Gasteiger partial charge in [-0.3, -0.25) is 9.99 Å². The molecule has 1 aromatic heterocycles. The monoisotopic (exact) mass is 504 g/mol. The number of benzene rings is 2. The van der Waals surface area contributed by atoms with E-state index >= 15 is 0 Å². The van der Waals surface area contributed by atoms with E-state index in [1.165, 1.54) is 12.1 Å². The molecule has 0 radical (unpaired) electrons. The Morgan fingerprint density at radius 3 is 2.75 bits per heavy atom. The number of pyridine rings is 1. The summed E-state index contributed by atoms with van der Waals surface area (Å²) in [4.78, 5) is 4.45. The van der Waals surface area contributed by atoms with Crippen LogP contribution in [-0.4, -0.2) is 21.6 Å². The summed E-state index contributed by atoms with van der Waals surface area (Å²) in [6.45, 7) is 2.15. The summed E-state index contributed by atoms with van der Waals surface area (Å²) in [5.74, 6) is -0.374. The smallest absolute Gasteiger partial charge is 0.123 e. The minimum atomic E-state index is -1.49. The number of hydrazine groups is 2. The van der Waals surface area contributed by atoms with Gasteiger partial charge in [0.15, 0.2) is 0 Å². The Kier molecular flexibility index (Phi) is 5.33. The maximum atomic E-state index is 13.8. The van der Waals surface area contributed by atoms with Gasteiger partial charge in [-0.1, -0.05) is 23.7 Å². The molecule has 184 valence electrons. The Hall–Kier alpha value is -3.54. The molecule has 1 unspecified atom stereocenters. The number of nitrogens with zero attached hydrogens (tertiary/aromatic N) is 3. The molecule has 1 atom stereocenters. The molecule has 2 fully saturated rings. The van der Waals surface area contributed by atoms with Crippen LogP contribution in [-0.2, 0) is 0 Å². The minimum absolute atomic E-state index is 0.0976. The van der Waals surface area contributed by atoms with E-state index in [1.54, 1.807) is 24.4 Å². The normalized spacial score (nSPS) is 20.4. The molecule has 4 N–H and O–H groups in total. The van der Waals surface area contributed by atoms with Gasteiger partial charge in [0, 0.05) is 35.1 Å². The van der Waals surface area contributed by atoms with Gasteiger partial charge in [0.05, 0.1) is 34.9 Å². The topological polar surface area (TPSA) is 88.0 Å². The fourth-order valence-electron chi connectivity index (χ4n) is 4.75. The number of aromatic nitrogens is 1. The Bertz CT molecular complexity index is 1450. The summed E-state index contributed by atoms with van der Waals surface area (Å²) in [5.41, 5.74) is 9.54. The van der Waals surface area contributed by atoms with E-state index in [-0.39, 0.29) is 11.4 Å². The highest BCUT2D eigenvalue weighted by Gasteiger charge is 2.34. The van der Waals surface area contributed by atoms with E-state index in [2.05, 4.69) is 39.6 Å². The number of anilines is 2. The zero-order chi connectivity index (χ0) is 25.8. The Morgan fingerprint density at radius 1 is 1.31 bits per heavy atom.